The number of nitrogens with zero attached hydrogens (tertiary/aromatic N) is 1. The maximum absolute atomic E-state index is 13.0. The van der Waals surface area contributed by atoms with Crippen LogP contribution in [-0.4, -0.2) is 31.2 Å². The minimum atomic E-state index is -0.242. The fourth-order valence-corrected chi connectivity index (χ4v) is 3.35. The maximum Gasteiger partial charge on any atom is 0.134 e. The van der Waals surface area contributed by atoms with E-state index in [4.69, 9.17) is 9.15 Å². The molecule has 0 saturated carbocycles. The van der Waals surface area contributed by atoms with Gasteiger partial charge in [-0.15, -0.1) is 0 Å². The fraction of sp³-hybridized carbons (Fsp3) is 0.304. The third-order valence-electron chi connectivity index (χ3n) is 4.95. The molecule has 4 nitrogen and oxygen atoms in total. The predicted molar refractivity (Wildman–Crippen MR) is 107 cm³/mol. The Morgan fingerprint density at radius 1 is 0.821 bits per heavy atom. The molecule has 146 valence electrons. The van der Waals surface area contributed by atoms with E-state index in [1.165, 1.54) is 23.3 Å². The summed E-state index contributed by atoms with van der Waals surface area (Å²) < 4.78 is 24.3. The Morgan fingerprint density at radius 2 is 1.54 bits per heavy atom. The molecule has 1 fully saturated rings. The van der Waals surface area contributed by atoms with Gasteiger partial charge in [-0.1, -0.05) is 24.3 Å². The van der Waals surface area contributed by atoms with Crippen molar-refractivity contribution in [2.24, 2.45) is 0 Å². The molecule has 28 heavy (non-hydrogen) atoms. The number of nitrogens with one attached hydrogen (secondary N) is 1. The van der Waals surface area contributed by atoms with Crippen LogP contribution >= 0.6 is 0 Å². The van der Waals surface area contributed by atoms with Crippen LogP contribution in [0.1, 0.15) is 16.9 Å². The van der Waals surface area contributed by atoms with Crippen molar-refractivity contribution in [3.05, 3.63) is 83.4 Å². The van der Waals surface area contributed by atoms with Gasteiger partial charge in [-0.25, -0.2) is 4.39 Å². The van der Waals surface area contributed by atoms with Crippen molar-refractivity contribution < 1.29 is 13.5 Å². The summed E-state index contributed by atoms with van der Waals surface area (Å²) in [5.41, 5.74) is 3.46. The smallest absolute Gasteiger partial charge is 0.134 e. The van der Waals surface area contributed by atoms with Crippen molar-refractivity contribution in [2.45, 2.75) is 19.6 Å². The Kier molecular flexibility index (Phi) is 6.17. The molecule has 3 aromatic rings. The Balaban J connectivity index is 1.25. The Labute approximate surface area is 164 Å². The summed E-state index contributed by atoms with van der Waals surface area (Å²) in [6.07, 6.45) is 0. The first-order valence-corrected chi connectivity index (χ1v) is 9.69. The van der Waals surface area contributed by atoms with E-state index >= 15 is 0 Å². The summed E-state index contributed by atoms with van der Waals surface area (Å²) in [7, 11) is 0. The van der Waals surface area contributed by atoms with Crippen LogP contribution in [0, 0.1) is 5.82 Å². The lowest BCUT2D eigenvalue weighted by molar-refractivity contribution is 0.0342. The summed E-state index contributed by atoms with van der Waals surface area (Å²) in [4.78, 5) is 2.42. The lowest BCUT2D eigenvalue weighted by atomic mass is 10.1. The highest BCUT2D eigenvalue weighted by Gasteiger charge is 2.10. The molecule has 1 aromatic heterocycles. The summed E-state index contributed by atoms with van der Waals surface area (Å²) >= 11 is 0. The lowest BCUT2D eigenvalue weighted by Crippen LogP contribution is -2.35. The second kappa shape index (κ2) is 9.15. The molecule has 0 amide bonds. The zero-order valence-corrected chi connectivity index (χ0v) is 15.9. The SMILES string of the molecule is Fc1ccc(-c2ccc(CNCc3ccc(CN4CCOCC4)cc3)o2)cc1. The Morgan fingerprint density at radius 3 is 2.29 bits per heavy atom. The normalized spacial score (nSPS) is 15.0. The topological polar surface area (TPSA) is 37.6 Å². The summed E-state index contributed by atoms with van der Waals surface area (Å²) in [5.74, 6) is 1.38. The van der Waals surface area contributed by atoms with E-state index in [0.29, 0.717) is 6.54 Å². The molecule has 5 heteroatoms. The highest BCUT2D eigenvalue weighted by atomic mass is 19.1. The highest BCUT2D eigenvalue weighted by Crippen LogP contribution is 2.22. The minimum Gasteiger partial charge on any atom is -0.460 e. The molecule has 0 radical (unpaired) electrons. The molecule has 1 aliphatic heterocycles. The van der Waals surface area contributed by atoms with Gasteiger partial charge in [-0.3, -0.25) is 4.90 Å². The molecule has 1 saturated heterocycles. The molecule has 2 heterocycles. The quantitative estimate of drug-likeness (QED) is 0.666. The van der Waals surface area contributed by atoms with Gasteiger partial charge in [0.25, 0.3) is 0 Å². The van der Waals surface area contributed by atoms with Gasteiger partial charge in [0, 0.05) is 31.7 Å². The number of hydrogen-bond acceptors (Lipinski definition) is 4. The van der Waals surface area contributed by atoms with Crippen molar-refractivity contribution >= 4 is 0 Å². The zero-order valence-electron chi connectivity index (χ0n) is 15.9. The number of furan rings is 1. The van der Waals surface area contributed by atoms with Crippen LogP contribution in [0.3, 0.4) is 0 Å². The second-order valence-corrected chi connectivity index (χ2v) is 7.08. The van der Waals surface area contributed by atoms with Gasteiger partial charge in [-0.05, 0) is 47.5 Å². The highest BCUT2D eigenvalue weighted by molar-refractivity contribution is 5.57. The van der Waals surface area contributed by atoms with E-state index in [-0.39, 0.29) is 5.82 Å². The largest absolute Gasteiger partial charge is 0.460 e. The monoisotopic (exact) mass is 380 g/mol. The molecule has 4 rings (SSSR count). The molecule has 0 atom stereocenters. The molecule has 0 spiro atoms. The molecular weight excluding hydrogens is 355 g/mol. The number of rotatable bonds is 7. The molecule has 1 aliphatic rings. The minimum absolute atomic E-state index is 0.242. The van der Waals surface area contributed by atoms with Crippen LogP contribution in [0.15, 0.2) is 65.1 Å². The number of benzene rings is 2. The van der Waals surface area contributed by atoms with Crippen LogP contribution in [0.4, 0.5) is 4.39 Å². The summed E-state index contributed by atoms with van der Waals surface area (Å²) in [5, 5.41) is 3.41. The van der Waals surface area contributed by atoms with Gasteiger partial charge in [0.05, 0.1) is 19.8 Å². The second-order valence-electron chi connectivity index (χ2n) is 7.08. The van der Waals surface area contributed by atoms with Gasteiger partial charge < -0.3 is 14.5 Å². The number of halogens is 1. The first kappa shape index (κ1) is 18.9. The van der Waals surface area contributed by atoms with Gasteiger partial charge in [-0.2, -0.15) is 0 Å². The molecule has 0 unspecified atom stereocenters. The average molecular weight is 380 g/mol. The summed E-state index contributed by atoms with van der Waals surface area (Å²) in [6.45, 7) is 6.09. The van der Waals surface area contributed by atoms with E-state index in [0.717, 1.165) is 56.5 Å². The van der Waals surface area contributed by atoms with Gasteiger partial charge in [0.15, 0.2) is 0 Å². The van der Waals surface area contributed by atoms with Crippen molar-refractivity contribution in [2.75, 3.05) is 26.3 Å². The lowest BCUT2D eigenvalue weighted by Gasteiger charge is -2.26. The van der Waals surface area contributed by atoms with Crippen molar-refractivity contribution in [1.29, 1.82) is 0 Å². The van der Waals surface area contributed by atoms with E-state index in [1.54, 1.807) is 12.1 Å². The fourth-order valence-electron chi connectivity index (χ4n) is 3.35. The zero-order chi connectivity index (χ0) is 19.2. The van der Waals surface area contributed by atoms with E-state index < -0.39 is 0 Å². The van der Waals surface area contributed by atoms with E-state index in [2.05, 4.69) is 34.5 Å². The third kappa shape index (κ3) is 5.07. The van der Waals surface area contributed by atoms with Gasteiger partial charge >= 0.3 is 0 Å². The molecule has 0 aliphatic carbocycles. The molecule has 2 aromatic carbocycles. The van der Waals surface area contributed by atoms with Crippen LogP contribution in [0.2, 0.25) is 0 Å². The first-order chi connectivity index (χ1) is 13.8. The molecule has 1 N–H and O–H groups in total. The van der Waals surface area contributed by atoms with E-state index in [9.17, 15) is 4.39 Å². The number of morpholine rings is 1. The van der Waals surface area contributed by atoms with Crippen LogP contribution < -0.4 is 5.32 Å². The van der Waals surface area contributed by atoms with Crippen LogP contribution in [0.5, 0.6) is 0 Å². The standard InChI is InChI=1S/C23H25FN2O2/c24-21-7-5-20(6-8-21)23-10-9-22(28-23)16-25-15-18-1-3-19(4-2-18)17-26-11-13-27-14-12-26/h1-10,25H,11-17H2. The Bertz CT molecular complexity index is 868. The van der Waals surface area contributed by atoms with Gasteiger partial charge in [0.1, 0.15) is 17.3 Å². The van der Waals surface area contributed by atoms with E-state index in [1.807, 2.05) is 12.1 Å². The molecule has 0 bridgehead atoms. The predicted octanol–water partition coefficient (Wildman–Crippen LogP) is 4.21. The third-order valence-corrected chi connectivity index (χ3v) is 4.95. The van der Waals surface area contributed by atoms with Crippen molar-refractivity contribution in [3.8, 4) is 11.3 Å². The Hall–Kier alpha value is -2.47. The maximum atomic E-state index is 13.0. The number of ether oxygens (including phenoxy) is 1. The van der Waals surface area contributed by atoms with Crippen molar-refractivity contribution in [1.82, 2.24) is 10.2 Å². The van der Waals surface area contributed by atoms with Gasteiger partial charge in [0.2, 0.25) is 0 Å². The van der Waals surface area contributed by atoms with Crippen LogP contribution in [0.25, 0.3) is 11.3 Å². The first-order valence-electron chi connectivity index (χ1n) is 9.69. The number of hydrogen-bond donors (Lipinski definition) is 1. The van der Waals surface area contributed by atoms with Crippen LogP contribution in [-0.2, 0) is 24.4 Å². The summed E-state index contributed by atoms with van der Waals surface area (Å²) in [6, 6.07) is 19.0. The average Bonchev–Trinajstić information content (AvgIpc) is 3.20. The van der Waals surface area contributed by atoms with Crippen molar-refractivity contribution in [3.63, 3.8) is 0 Å². The molecular formula is C23H25FN2O2.